The van der Waals surface area contributed by atoms with Crippen molar-refractivity contribution in [3.8, 4) is 0 Å². The molecule has 1 atom stereocenters. The van der Waals surface area contributed by atoms with Crippen LogP contribution in [0.25, 0.3) is 0 Å². The number of amides is 1. The number of rotatable bonds is 6. The first-order valence-corrected chi connectivity index (χ1v) is 3.87. The van der Waals surface area contributed by atoms with Gasteiger partial charge in [-0.15, -0.1) is 0 Å². The third-order valence-electron chi connectivity index (χ3n) is 1.26. The molecular weight excluding hydrogens is 190 g/mol. The van der Waals surface area contributed by atoms with E-state index in [0.717, 1.165) is 0 Å². The van der Waals surface area contributed by atoms with Crippen LogP contribution in [0.1, 0.15) is 0 Å². The summed E-state index contributed by atoms with van der Waals surface area (Å²) >= 11 is 0. The first-order chi connectivity index (χ1) is 6.61. The molecular formula is C8H13NO5. The van der Waals surface area contributed by atoms with Crippen molar-refractivity contribution in [1.29, 1.82) is 0 Å². The van der Waals surface area contributed by atoms with E-state index in [1.165, 1.54) is 13.2 Å². The molecule has 6 nitrogen and oxygen atoms in total. The van der Waals surface area contributed by atoms with Gasteiger partial charge >= 0.3 is 12.1 Å². The summed E-state index contributed by atoms with van der Waals surface area (Å²) in [5.74, 6) is -1.18. The topological polar surface area (TPSA) is 84.9 Å². The fraction of sp³-hybridized carbons (Fsp3) is 0.500. The summed E-state index contributed by atoms with van der Waals surface area (Å²) in [5, 5.41) is 10.7. The van der Waals surface area contributed by atoms with Crippen LogP contribution in [0.5, 0.6) is 0 Å². The maximum Gasteiger partial charge on any atom is 0.408 e. The molecule has 0 fully saturated rings. The van der Waals surface area contributed by atoms with Gasteiger partial charge in [-0.3, -0.25) is 0 Å². The average Bonchev–Trinajstić information content (AvgIpc) is 2.14. The Bertz CT molecular complexity index is 216. The zero-order valence-corrected chi connectivity index (χ0v) is 7.86. The highest BCUT2D eigenvalue weighted by Crippen LogP contribution is 1.88. The quantitative estimate of drug-likeness (QED) is 0.593. The number of carbonyl (C=O) groups excluding carboxylic acids is 1. The Morgan fingerprint density at radius 2 is 2.29 bits per heavy atom. The van der Waals surface area contributed by atoms with E-state index < -0.39 is 18.1 Å². The van der Waals surface area contributed by atoms with Crippen LogP contribution in [0.15, 0.2) is 12.7 Å². The zero-order chi connectivity index (χ0) is 11.0. The monoisotopic (exact) mass is 203 g/mol. The largest absolute Gasteiger partial charge is 0.480 e. The molecule has 0 aromatic heterocycles. The van der Waals surface area contributed by atoms with Gasteiger partial charge in [-0.05, 0) is 0 Å². The summed E-state index contributed by atoms with van der Waals surface area (Å²) in [4.78, 5) is 21.4. The van der Waals surface area contributed by atoms with E-state index in [4.69, 9.17) is 5.11 Å². The van der Waals surface area contributed by atoms with Crippen molar-refractivity contribution in [3.05, 3.63) is 12.7 Å². The molecule has 0 radical (unpaired) electrons. The number of ether oxygens (including phenoxy) is 2. The molecule has 0 heterocycles. The molecule has 0 saturated heterocycles. The number of hydrogen-bond acceptors (Lipinski definition) is 4. The second-order valence-electron chi connectivity index (χ2n) is 2.38. The van der Waals surface area contributed by atoms with E-state index in [2.05, 4.69) is 21.4 Å². The Labute approximate surface area is 81.5 Å². The van der Waals surface area contributed by atoms with Gasteiger partial charge in [0.15, 0.2) is 6.04 Å². The van der Waals surface area contributed by atoms with E-state index >= 15 is 0 Å². The minimum Gasteiger partial charge on any atom is -0.480 e. The maximum atomic E-state index is 10.9. The SMILES string of the molecule is C=CCOC(=O)NC(COC)C(=O)O. The van der Waals surface area contributed by atoms with Gasteiger partial charge in [0.05, 0.1) is 6.61 Å². The minimum absolute atomic E-state index is 0.0329. The molecule has 0 saturated carbocycles. The van der Waals surface area contributed by atoms with Crippen LogP contribution < -0.4 is 5.32 Å². The summed E-state index contributed by atoms with van der Waals surface area (Å²) in [5.41, 5.74) is 0. The molecule has 0 aromatic rings. The number of aliphatic carboxylic acids is 1. The second-order valence-corrected chi connectivity index (χ2v) is 2.38. The summed E-state index contributed by atoms with van der Waals surface area (Å²) in [6, 6.07) is -1.10. The Hall–Kier alpha value is -1.56. The van der Waals surface area contributed by atoms with Crippen molar-refractivity contribution < 1.29 is 24.2 Å². The Morgan fingerprint density at radius 3 is 2.71 bits per heavy atom. The molecule has 1 amide bonds. The lowest BCUT2D eigenvalue weighted by molar-refractivity contribution is -0.140. The predicted octanol–water partition coefficient (Wildman–Crippen LogP) is -0.00180. The molecule has 6 heteroatoms. The van der Waals surface area contributed by atoms with E-state index in [-0.39, 0.29) is 13.2 Å². The van der Waals surface area contributed by atoms with Gasteiger partial charge in [0.1, 0.15) is 6.61 Å². The van der Waals surface area contributed by atoms with Crippen LogP contribution in [0, 0.1) is 0 Å². The highest BCUT2D eigenvalue weighted by molar-refractivity contribution is 5.80. The Kier molecular flexibility index (Phi) is 6.13. The zero-order valence-electron chi connectivity index (χ0n) is 7.86. The molecule has 14 heavy (non-hydrogen) atoms. The fourth-order valence-electron chi connectivity index (χ4n) is 0.660. The summed E-state index contributed by atoms with van der Waals surface area (Å²) in [6.07, 6.45) is 0.570. The Morgan fingerprint density at radius 1 is 1.64 bits per heavy atom. The van der Waals surface area contributed by atoms with E-state index in [1.54, 1.807) is 0 Å². The highest BCUT2D eigenvalue weighted by Gasteiger charge is 2.19. The van der Waals surface area contributed by atoms with Crippen molar-refractivity contribution in [2.45, 2.75) is 6.04 Å². The molecule has 80 valence electrons. The second kappa shape index (κ2) is 6.90. The summed E-state index contributed by atoms with van der Waals surface area (Å²) in [6.45, 7) is 3.26. The summed E-state index contributed by atoms with van der Waals surface area (Å²) < 4.78 is 9.13. The number of nitrogens with one attached hydrogen (secondary N) is 1. The summed E-state index contributed by atoms with van der Waals surface area (Å²) in [7, 11) is 1.34. The normalized spacial score (nSPS) is 11.5. The number of carbonyl (C=O) groups is 2. The van der Waals surface area contributed by atoms with Crippen molar-refractivity contribution in [2.24, 2.45) is 0 Å². The third-order valence-corrected chi connectivity index (χ3v) is 1.26. The van der Waals surface area contributed by atoms with E-state index in [9.17, 15) is 9.59 Å². The van der Waals surface area contributed by atoms with Crippen LogP contribution >= 0.6 is 0 Å². The van der Waals surface area contributed by atoms with Gasteiger partial charge in [0.25, 0.3) is 0 Å². The van der Waals surface area contributed by atoms with Crippen LogP contribution in [0.2, 0.25) is 0 Å². The number of alkyl carbamates (subject to hydrolysis) is 1. The predicted molar refractivity (Wildman–Crippen MR) is 48.0 cm³/mol. The van der Waals surface area contributed by atoms with Crippen molar-refractivity contribution in [1.82, 2.24) is 5.32 Å². The molecule has 0 rings (SSSR count). The van der Waals surface area contributed by atoms with Gasteiger partial charge < -0.3 is 19.9 Å². The molecule has 0 aliphatic heterocycles. The van der Waals surface area contributed by atoms with Crippen molar-refractivity contribution in [2.75, 3.05) is 20.3 Å². The van der Waals surface area contributed by atoms with Gasteiger partial charge in [-0.1, -0.05) is 12.7 Å². The first-order valence-electron chi connectivity index (χ1n) is 3.87. The molecule has 0 aliphatic rings. The third kappa shape index (κ3) is 5.15. The smallest absolute Gasteiger partial charge is 0.408 e. The first kappa shape index (κ1) is 12.4. The molecule has 0 aliphatic carbocycles. The lowest BCUT2D eigenvalue weighted by atomic mass is 10.3. The number of methoxy groups -OCH3 is 1. The molecule has 0 aromatic carbocycles. The van der Waals surface area contributed by atoms with E-state index in [1.807, 2.05) is 0 Å². The molecule has 0 bridgehead atoms. The maximum absolute atomic E-state index is 10.9. The standard InChI is InChI=1S/C8H13NO5/c1-3-4-14-8(12)9-6(5-13-2)7(10)11/h3,6H,1,4-5H2,2H3,(H,9,12)(H,10,11). The highest BCUT2D eigenvalue weighted by atomic mass is 16.5. The fourth-order valence-corrected chi connectivity index (χ4v) is 0.660. The van der Waals surface area contributed by atoms with E-state index in [0.29, 0.717) is 0 Å². The van der Waals surface area contributed by atoms with Crippen molar-refractivity contribution >= 4 is 12.1 Å². The Balaban J connectivity index is 3.95. The minimum atomic E-state index is -1.18. The molecule has 2 N–H and O–H groups in total. The average molecular weight is 203 g/mol. The van der Waals surface area contributed by atoms with Crippen LogP contribution in [-0.2, 0) is 14.3 Å². The van der Waals surface area contributed by atoms with Crippen LogP contribution in [-0.4, -0.2) is 43.5 Å². The number of carboxylic acids is 1. The number of carboxylic acid groups (broad SMARTS) is 1. The lowest BCUT2D eigenvalue weighted by Crippen LogP contribution is -2.44. The van der Waals surface area contributed by atoms with Crippen molar-refractivity contribution in [3.63, 3.8) is 0 Å². The lowest BCUT2D eigenvalue weighted by Gasteiger charge is -2.12. The van der Waals surface area contributed by atoms with Gasteiger partial charge in [0, 0.05) is 7.11 Å². The van der Waals surface area contributed by atoms with Gasteiger partial charge in [-0.25, -0.2) is 9.59 Å². The van der Waals surface area contributed by atoms with Crippen LogP contribution in [0.4, 0.5) is 4.79 Å². The molecule has 0 spiro atoms. The van der Waals surface area contributed by atoms with Gasteiger partial charge in [-0.2, -0.15) is 0 Å². The van der Waals surface area contributed by atoms with Crippen LogP contribution in [0.3, 0.4) is 0 Å². The number of hydrogen-bond donors (Lipinski definition) is 2. The molecule has 1 unspecified atom stereocenters. The van der Waals surface area contributed by atoms with Gasteiger partial charge in [0.2, 0.25) is 0 Å².